The second-order valence-corrected chi connectivity index (χ2v) is 5.54. The van der Waals surface area contributed by atoms with Gasteiger partial charge in [0.1, 0.15) is 11.8 Å². The number of carbonyl (C=O) groups excluding carboxylic acids is 1. The molecule has 4 nitrogen and oxygen atoms in total. The second kappa shape index (κ2) is 4.88. The number of hydrogen-bond donors (Lipinski definition) is 0. The predicted molar refractivity (Wildman–Crippen MR) is 79.4 cm³/mol. The zero-order valence-electron chi connectivity index (χ0n) is 11.7. The van der Waals surface area contributed by atoms with Crippen molar-refractivity contribution in [2.24, 2.45) is 0 Å². The molecule has 0 amide bonds. The first-order valence-electron chi connectivity index (χ1n) is 7.35. The van der Waals surface area contributed by atoms with E-state index in [1.165, 1.54) is 18.5 Å². The van der Waals surface area contributed by atoms with Crippen LogP contribution in [0.15, 0.2) is 41.3 Å². The number of Topliss-reactive ketones (excluding diaryl/α,β-unsaturated/α-hetero) is 1. The first-order valence-corrected chi connectivity index (χ1v) is 7.35. The molecule has 106 valence electrons. The maximum absolute atomic E-state index is 12.6. The van der Waals surface area contributed by atoms with E-state index in [1.807, 2.05) is 28.8 Å². The van der Waals surface area contributed by atoms with Gasteiger partial charge in [0.15, 0.2) is 5.78 Å². The van der Waals surface area contributed by atoms with Crippen LogP contribution in [0, 0.1) is 0 Å². The molecule has 1 aliphatic carbocycles. The molecule has 0 atom stereocenters. The summed E-state index contributed by atoms with van der Waals surface area (Å²) in [6.45, 7) is 0.339. The molecule has 1 aliphatic rings. The summed E-state index contributed by atoms with van der Waals surface area (Å²) < 4.78 is 7.45. The van der Waals surface area contributed by atoms with Crippen LogP contribution in [0.4, 0.5) is 0 Å². The van der Waals surface area contributed by atoms with Crippen molar-refractivity contribution in [3.8, 4) is 0 Å². The van der Waals surface area contributed by atoms with E-state index in [9.17, 15) is 4.79 Å². The van der Waals surface area contributed by atoms with Crippen LogP contribution in [-0.2, 0) is 19.4 Å². The molecule has 21 heavy (non-hydrogen) atoms. The molecule has 0 radical (unpaired) electrons. The Morgan fingerprint density at radius 2 is 2.10 bits per heavy atom. The summed E-state index contributed by atoms with van der Waals surface area (Å²) in [5.74, 6) is 0.0747. The molecule has 3 aromatic rings. The van der Waals surface area contributed by atoms with Crippen LogP contribution in [0.1, 0.15) is 34.6 Å². The van der Waals surface area contributed by atoms with Crippen LogP contribution < -0.4 is 0 Å². The molecule has 0 N–H and O–H groups in total. The lowest BCUT2D eigenvalue weighted by atomic mass is 10.0. The first kappa shape index (κ1) is 12.4. The Morgan fingerprint density at radius 3 is 3.05 bits per heavy atom. The van der Waals surface area contributed by atoms with E-state index in [0.717, 1.165) is 29.5 Å². The maximum Gasteiger partial charge on any atom is 0.186 e. The summed E-state index contributed by atoms with van der Waals surface area (Å²) in [4.78, 5) is 17.0. The number of hydrogen-bond acceptors (Lipinski definition) is 3. The van der Waals surface area contributed by atoms with Crippen molar-refractivity contribution in [2.75, 3.05) is 0 Å². The largest absolute Gasteiger partial charge is 0.464 e. The topological polar surface area (TPSA) is 48.0 Å². The smallest absolute Gasteiger partial charge is 0.186 e. The SMILES string of the molecule is O=C(Cn1cnc2c1CCCC2)c1coc2ccccc12. The molecular formula is C17H16N2O2. The monoisotopic (exact) mass is 280 g/mol. The van der Waals surface area contributed by atoms with Crippen LogP contribution in [0.5, 0.6) is 0 Å². The van der Waals surface area contributed by atoms with E-state index >= 15 is 0 Å². The highest BCUT2D eigenvalue weighted by Gasteiger charge is 2.19. The maximum atomic E-state index is 12.6. The molecular weight excluding hydrogens is 264 g/mol. The van der Waals surface area contributed by atoms with Gasteiger partial charge in [-0.2, -0.15) is 0 Å². The van der Waals surface area contributed by atoms with Gasteiger partial charge in [-0.3, -0.25) is 4.79 Å². The third-order valence-corrected chi connectivity index (χ3v) is 4.21. The quantitative estimate of drug-likeness (QED) is 0.691. The average Bonchev–Trinajstić information content (AvgIpc) is 3.12. The van der Waals surface area contributed by atoms with Crippen molar-refractivity contribution >= 4 is 16.8 Å². The van der Waals surface area contributed by atoms with E-state index in [4.69, 9.17) is 4.42 Å². The van der Waals surface area contributed by atoms with Gasteiger partial charge < -0.3 is 8.98 Å². The minimum absolute atomic E-state index is 0.0747. The molecule has 2 heterocycles. The second-order valence-electron chi connectivity index (χ2n) is 5.54. The van der Waals surface area contributed by atoms with Crippen LogP contribution in [0.25, 0.3) is 11.0 Å². The number of ketones is 1. The van der Waals surface area contributed by atoms with Crippen molar-refractivity contribution in [1.82, 2.24) is 9.55 Å². The fourth-order valence-electron chi connectivity index (χ4n) is 3.10. The molecule has 0 spiro atoms. The summed E-state index contributed by atoms with van der Waals surface area (Å²) in [6, 6.07) is 7.64. The van der Waals surface area contributed by atoms with Crippen LogP contribution in [-0.4, -0.2) is 15.3 Å². The summed E-state index contributed by atoms with van der Waals surface area (Å²) in [7, 11) is 0. The Labute approximate surface area is 122 Å². The summed E-state index contributed by atoms with van der Waals surface area (Å²) >= 11 is 0. The third-order valence-electron chi connectivity index (χ3n) is 4.21. The van der Waals surface area contributed by atoms with Crippen molar-refractivity contribution in [2.45, 2.75) is 32.2 Å². The van der Waals surface area contributed by atoms with Crippen molar-refractivity contribution < 1.29 is 9.21 Å². The number of benzene rings is 1. The molecule has 1 aromatic carbocycles. The predicted octanol–water partition coefficient (Wildman–Crippen LogP) is 3.39. The lowest BCUT2D eigenvalue weighted by Crippen LogP contribution is -2.14. The summed E-state index contributed by atoms with van der Waals surface area (Å²) in [5.41, 5.74) is 3.80. The number of nitrogens with zero attached hydrogens (tertiary/aromatic N) is 2. The van der Waals surface area contributed by atoms with E-state index in [1.54, 1.807) is 12.6 Å². The fourth-order valence-corrected chi connectivity index (χ4v) is 3.10. The normalized spacial score (nSPS) is 14.3. The van der Waals surface area contributed by atoms with Gasteiger partial charge in [0.2, 0.25) is 0 Å². The van der Waals surface area contributed by atoms with Gasteiger partial charge in [0, 0.05) is 11.1 Å². The molecule has 0 fully saturated rings. The van der Waals surface area contributed by atoms with Gasteiger partial charge in [0.05, 0.1) is 24.1 Å². The number of aromatic nitrogens is 2. The highest BCUT2D eigenvalue weighted by atomic mass is 16.3. The first-order chi connectivity index (χ1) is 10.3. The highest BCUT2D eigenvalue weighted by Crippen LogP contribution is 2.23. The summed E-state index contributed by atoms with van der Waals surface area (Å²) in [6.07, 6.45) is 7.80. The zero-order valence-corrected chi connectivity index (χ0v) is 11.7. The number of para-hydroxylation sites is 1. The number of imidazole rings is 1. The molecule has 4 rings (SSSR count). The van der Waals surface area contributed by atoms with Crippen LogP contribution in [0.3, 0.4) is 0 Å². The lowest BCUT2D eigenvalue weighted by Gasteiger charge is -2.13. The van der Waals surface area contributed by atoms with Gasteiger partial charge in [-0.25, -0.2) is 4.98 Å². The van der Waals surface area contributed by atoms with Gasteiger partial charge in [-0.05, 0) is 31.7 Å². The van der Waals surface area contributed by atoms with E-state index < -0.39 is 0 Å². The van der Waals surface area contributed by atoms with Gasteiger partial charge >= 0.3 is 0 Å². The molecule has 0 saturated carbocycles. The molecule has 0 unspecified atom stereocenters. The van der Waals surface area contributed by atoms with Gasteiger partial charge in [-0.1, -0.05) is 18.2 Å². The van der Waals surface area contributed by atoms with E-state index in [-0.39, 0.29) is 5.78 Å². The van der Waals surface area contributed by atoms with Crippen LogP contribution in [0.2, 0.25) is 0 Å². The van der Waals surface area contributed by atoms with Gasteiger partial charge in [0.25, 0.3) is 0 Å². The molecule has 4 heteroatoms. The fraction of sp³-hybridized carbons (Fsp3) is 0.294. The third kappa shape index (κ3) is 2.07. The number of rotatable bonds is 3. The van der Waals surface area contributed by atoms with E-state index in [2.05, 4.69) is 4.98 Å². The zero-order chi connectivity index (χ0) is 14.2. The van der Waals surface area contributed by atoms with Crippen molar-refractivity contribution in [3.63, 3.8) is 0 Å². The van der Waals surface area contributed by atoms with Crippen molar-refractivity contribution in [1.29, 1.82) is 0 Å². The number of aryl methyl sites for hydroxylation is 1. The number of fused-ring (bicyclic) bond motifs is 2. The summed E-state index contributed by atoms with van der Waals surface area (Å²) in [5, 5.41) is 0.886. The van der Waals surface area contributed by atoms with Gasteiger partial charge in [-0.15, -0.1) is 0 Å². The molecule has 0 bridgehead atoms. The minimum atomic E-state index is 0.0747. The Balaban J connectivity index is 1.65. The molecule has 0 aliphatic heterocycles. The lowest BCUT2D eigenvalue weighted by molar-refractivity contribution is 0.0971. The van der Waals surface area contributed by atoms with E-state index in [0.29, 0.717) is 12.1 Å². The number of carbonyl (C=O) groups is 1. The Kier molecular flexibility index (Phi) is 2.88. The van der Waals surface area contributed by atoms with Crippen molar-refractivity contribution in [3.05, 3.63) is 53.8 Å². The Morgan fingerprint density at radius 1 is 1.24 bits per heavy atom. The average molecular weight is 280 g/mol. The Bertz CT molecular complexity index is 813. The minimum Gasteiger partial charge on any atom is -0.464 e. The standard InChI is InChI=1S/C17H16N2O2/c20-16(13-10-21-17-8-4-1-5-12(13)17)9-19-11-18-14-6-2-3-7-15(14)19/h1,4-5,8,10-11H,2-3,6-7,9H2. The molecule has 2 aromatic heterocycles. The highest BCUT2D eigenvalue weighted by molar-refractivity contribution is 6.06. The van der Waals surface area contributed by atoms with Crippen LogP contribution >= 0.6 is 0 Å². The number of furan rings is 1. The Hall–Kier alpha value is -2.36. The molecule has 0 saturated heterocycles.